The van der Waals surface area contributed by atoms with Gasteiger partial charge in [-0.3, -0.25) is 0 Å². The first-order chi connectivity index (χ1) is 30.3. The number of benzene rings is 8. The fraction of sp³-hybridized carbons (Fsp3) is 0.0847. The van der Waals surface area contributed by atoms with Crippen molar-refractivity contribution in [3.63, 3.8) is 0 Å². The summed E-state index contributed by atoms with van der Waals surface area (Å²) in [6, 6.07) is 60.8. The Hall–Kier alpha value is -7.60. The van der Waals surface area contributed by atoms with Crippen molar-refractivity contribution in [2.45, 2.75) is 31.1 Å². The van der Waals surface area contributed by atoms with Crippen molar-refractivity contribution in [1.82, 2.24) is 0 Å². The topological polar surface area (TPSA) is 16.4 Å². The summed E-state index contributed by atoms with van der Waals surface area (Å²) in [5.74, 6) is 6.89. The highest BCUT2D eigenvalue weighted by atomic mass is 16.3. The molecule has 2 heteroatoms. The SMILES string of the molecule is C1#CCc2c(ccc3cccc(N(C4=CC=C(c5cccc6c5oc5ccccc56)CC4)c4ccc5c(c4)C4(c6ccccc6-c6ccccc64)c4ccccc4-5)c23)/C=C\C1. The lowest BCUT2D eigenvalue weighted by molar-refractivity contribution is 0.667. The molecule has 2 nitrogen and oxygen atoms in total. The maximum Gasteiger partial charge on any atom is 0.142 e. The highest BCUT2D eigenvalue weighted by molar-refractivity contribution is 6.08. The molecule has 8 aromatic carbocycles. The lowest BCUT2D eigenvalue weighted by atomic mass is 9.70. The number of allylic oxidation sites excluding steroid dienone is 5. The molecular formula is C59H39NO. The third-order valence-corrected chi connectivity index (χ3v) is 13.7. The minimum absolute atomic E-state index is 0.436. The van der Waals surface area contributed by atoms with Crippen LogP contribution in [0.5, 0.6) is 0 Å². The number of fused-ring (bicyclic) bond motifs is 16. The van der Waals surface area contributed by atoms with E-state index >= 15 is 0 Å². The number of hydrogen-bond acceptors (Lipinski definition) is 2. The molecule has 61 heavy (non-hydrogen) atoms. The van der Waals surface area contributed by atoms with Crippen LogP contribution in [0, 0.1) is 11.8 Å². The van der Waals surface area contributed by atoms with Gasteiger partial charge in [-0.05, 0) is 110 Å². The predicted octanol–water partition coefficient (Wildman–Crippen LogP) is 14.9. The smallest absolute Gasteiger partial charge is 0.142 e. The largest absolute Gasteiger partial charge is 0.455 e. The van der Waals surface area contributed by atoms with Crippen molar-refractivity contribution in [2.24, 2.45) is 0 Å². The van der Waals surface area contributed by atoms with Gasteiger partial charge in [-0.25, -0.2) is 0 Å². The minimum Gasteiger partial charge on any atom is -0.455 e. The Labute approximate surface area is 355 Å². The van der Waals surface area contributed by atoms with Gasteiger partial charge in [0.1, 0.15) is 11.2 Å². The minimum atomic E-state index is -0.436. The van der Waals surface area contributed by atoms with Crippen LogP contribution in [0.1, 0.15) is 58.2 Å². The van der Waals surface area contributed by atoms with Gasteiger partial charge in [0, 0.05) is 45.9 Å². The molecule has 9 aromatic rings. The van der Waals surface area contributed by atoms with E-state index in [1.807, 2.05) is 6.07 Å². The van der Waals surface area contributed by atoms with Gasteiger partial charge in [0.05, 0.1) is 11.1 Å². The highest BCUT2D eigenvalue weighted by Crippen LogP contribution is 2.63. The molecule has 0 aliphatic heterocycles. The third-order valence-electron chi connectivity index (χ3n) is 13.7. The van der Waals surface area contributed by atoms with Crippen molar-refractivity contribution < 1.29 is 4.42 Å². The second-order valence-electron chi connectivity index (χ2n) is 16.7. The third kappa shape index (κ3) is 4.87. The number of anilines is 2. The van der Waals surface area contributed by atoms with Gasteiger partial charge in [0.25, 0.3) is 0 Å². The van der Waals surface area contributed by atoms with Crippen molar-refractivity contribution in [3.05, 3.63) is 227 Å². The average molecular weight is 778 g/mol. The number of para-hydroxylation sites is 2. The summed E-state index contributed by atoms with van der Waals surface area (Å²) in [5.41, 5.74) is 20.7. The second kappa shape index (κ2) is 13.2. The monoisotopic (exact) mass is 777 g/mol. The molecule has 1 heterocycles. The molecule has 0 saturated carbocycles. The van der Waals surface area contributed by atoms with E-state index in [0.29, 0.717) is 6.42 Å². The summed E-state index contributed by atoms with van der Waals surface area (Å²) < 4.78 is 6.55. The quantitative estimate of drug-likeness (QED) is 0.166. The number of furan rings is 1. The Balaban J connectivity index is 1.06. The maximum atomic E-state index is 6.55. The molecule has 4 aliphatic carbocycles. The molecule has 0 saturated heterocycles. The first-order valence-electron chi connectivity index (χ1n) is 21.5. The van der Waals surface area contributed by atoms with Gasteiger partial charge in [0.15, 0.2) is 0 Å². The average Bonchev–Trinajstić information content (AvgIpc) is 3.94. The number of nitrogens with zero attached hydrogens (tertiary/aromatic N) is 1. The summed E-state index contributed by atoms with van der Waals surface area (Å²) in [5, 5.41) is 4.81. The van der Waals surface area contributed by atoms with E-state index in [-0.39, 0.29) is 0 Å². The lowest BCUT2D eigenvalue weighted by Crippen LogP contribution is -2.26. The van der Waals surface area contributed by atoms with Crippen molar-refractivity contribution in [3.8, 4) is 34.1 Å². The van der Waals surface area contributed by atoms with Crippen LogP contribution in [0.2, 0.25) is 0 Å². The van der Waals surface area contributed by atoms with Gasteiger partial charge >= 0.3 is 0 Å². The summed E-state index contributed by atoms with van der Waals surface area (Å²) in [6.45, 7) is 0. The van der Waals surface area contributed by atoms with Gasteiger partial charge in [-0.2, -0.15) is 0 Å². The molecule has 0 amide bonds. The second-order valence-corrected chi connectivity index (χ2v) is 16.7. The zero-order valence-corrected chi connectivity index (χ0v) is 33.6. The summed E-state index contributed by atoms with van der Waals surface area (Å²) in [7, 11) is 0. The first kappa shape index (κ1) is 34.3. The molecule has 0 fully saturated rings. The molecule has 0 bridgehead atoms. The van der Waals surface area contributed by atoms with Crippen molar-refractivity contribution in [2.75, 3.05) is 4.90 Å². The molecule has 13 rings (SSSR count). The molecule has 0 radical (unpaired) electrons. The van der Waals surface area contributed by atoms with Crippen molar-refractivity contribution >= 4 is 55.7 Å². The highest BCUT2D eigenvalue weighted by Gasteiger charge is 2.51. The maximum absolute atomic E-state index is 6.55. The molecule has 286 valence electrons. The Morgan fingerprint density at radius 1 is 0.541 bits per heavy atom. The zero-order valence-electron chi connectivity index (χ0n) is 33.6. The zero-order chi connectivity index (χ0) is 40.1. The molecular weight excluding hydrogens is 739 g/mol. The van der Waals surface area contributed by atoms with Crippen LogP contribution >= 0.6 is 0 Å². The van der Waals surface area contributed by atoms with Crippen LogP contribution in [0.15, 0.2) is 192 Å². The van der Waals surface area contributed by atoms with Crippen LogP contribution < -0.4 is 4.90 Å². The van der Waals surface area contributed by atoms with Gasteiger partial charge < -0.3 is 9.32 Å². The van der Waals surface area contributed by atoms with Crippen LogP contribution in [0.25, 0.3) is 66.6 Å². The van der Waals surface area contributed by atoms with Gasteiger partial charge in [-0.1, -0.05) is 170 Å². The number of hydrogen-bond donors (Lipinski definition) is 0. The van der Waals surface area contributed by atoms with E-state index in [2.05, 4.69) is 199 Å². The molecule has 0 N–H and O–H groups in total. The van der Waals surface area contributed by atoms with Crippen molar-refractivity contribution in [1.29, 1.82) is 0 Å². The van der Waals surface area contributed by atoms with Crippen LogP contribution in [-0.2, 0) is 11.8 Å². The predicted molar refractivity (Wildman–Crippen MR) is 253 cm³/mol. The molecule has 0 atom stereocenters. The summed E-state index contributed by atoms with van der Waals surface area (Å²) in [4.78, 5) is 2.57. The van der Waals surface area contributed by atoms with E-state index in [4.69, 9.17) is 4.42 Å². The van der Waals surface area contributed by atoms with E-state index in [9.17, 15) is 0 Å². The summed E-state index contributed by atoms with van der Waals surface area (Å²) in [6.07, 6.45) is 12.4. The molecule has 1 aromatic heterocycles. The molecule has 0 unspecified atom stereocenters. The molecule has 4 aliphatic rings. The molecule has 1 spiro atoms. The fourth-order valence-electron chi connectivity index (χ4n) is 11.2. The van der Waals surface area contributed by atoms with Crippen LogP contribution in [0.3, 0.4) is 0 Å². The Kier molecular flexibility index (Phi) is 7.42. The Morgan fingerprint density at radius 2 is 1.23 bits per heavy atom. The first-order valence-corrected chi connectivity index (χ1v) is 21.5. The lowest BCUT2D eigenvalue weighted by Gasteiger charge is -2.34. The Bertz CT molecular complexity index is 3440. The normalized spacial score (nSPS) is 15.7. The standard InChI is InChI=1S/C59H39NO/c1-2-4-17-43-38(15-3-1)29-30-40-16-13-27-55(57(40)43)60(41-33-31-39(32-34-41)44-22-14-23-50-49-21-8-12-28-56(49)61-58(44)50)42-35-36-48-47-20-7-11-26-53(47)59(54(48)37-42)51-24-9-5-18-45(51)46-19-6-10-25-52(46)59/h3,5-16,18-31,33,35-37H,1,17,32,34H2/b15-3-. The van der Waals surface area contributed by atoms with Crippen LogP contribution in [0.4, 0.5) is 11.4 Å². The number of rotatable bonds is 4. The van der Waals surface area contributed by atoms with E-state index in [0.717, 1.165) is 46.9 Å². The summed E-state index contributed by atoms with van der Waals surface area (Å²) >= 11 is 0. The fourth-order valence-corrected chi connectivity index (χ4v) is 11.2. The van der Waals surface area contributed by atoms with Gasteiger partial charge in [-0.15, -0.1) is 0 Å². The van der Waals surface area contributed by atoms with E-state index in [1.54, 1.807) is 0 Å². The van der Waals surface area contributed by atoms with Crippen LogP contribution in [-0.4, -0.2) is 0 Å². The van der Waals surface area contributed by atoms with Gasteiger partial charge in [0.2, 0.25) is 0 Å². The van der Waals surface area contributed by atoms with E-state index < -0.39 is 5.41 Å². The Morgan fingerprint density at radius 3 is 2.00 bits per heavy atom. The van der Waals surface area contributed by atoms with E-state index in [1.165, 1.54) is 88.9 Å².